The zero-order valence-corrected chi connectivity index (χ0v) is 23.0. The fourth-order valence-corrected chi connectivity index (χ4v) is 5.45. The largest absolute Gasteiger partial charge is 0.354 e. The van der Waals surface area contributed by atoms with E-state index >= 15 is 0 Å². The number of amides is 2. The van der Waals surface area contributed by atoms with E-state index in [1.165, 1.54) is 53.4 Å². The van der Waals surface area contributed by atoms with Crippen LogP contribution in [-0.4, -0.2) is 44.3 Å². The number of nitrogens with zero attached hydrogens (tertiary/aromatic N) is 2. The van der Waals surface area contributed by atoms with Crippen LogP contribution >= 0.6 is 11.6 Å². The van der Waals surface area contributed by atoms with Gasteiger partial charge >= 0.3 is 0 Å². The average Bonchev–Trinajstić information content (AvgIpc) is 2.90. The normalized spacial score (nSPS) is 12.2. The van der Waals surface area contributed by atoms with Crippen molar-refractivity contribution in [3.8, 4) is 0 Å². The topological polar surface area (TPSA) is 86.8 Å². The third-order valence-corrected chi connectivity index (χ3v) is 7.94. The van der Waals surface area contributed by atoms with Crippen LogP contribution in [0.3, 0.4) is 0 Å². The van der Waals surface area contributed by atoms with Gasteiger partial charge in [0.2, 0.25) is 11.8 Å². The summed E-state index contributed by atoms with van der Waals surface area (Å²) in [4.78, 5) is 28.0. The highest BCUT2D eigenvalue weighted by atomic mass is 35.5. The Labute approximate surface area is 228 Å². The summed E-state index contributed by atoms with van der Waals surface area (Å²) in [5, 5.41) is 2.96. The van der Waals surface area contributed by atoms with Crippen molar-refractivity contribution in [3.63, 3.8) is 0 Å². The van der Waals surface area contributed by atoms with Crippen LogP contribution in [0.1, 0.15) is 26.3 Å². The van der Waals surface area contributed by atoms with Gasteiger partial charge in [0, 0.05) is 13.1 Å². The molecule has 202 valence electrons. The van der Waals surface area contributed by atoms with Crippen LogP contribution in [0.25, 0.3) is 0 Å². The van der Waals surface area contributed by atoms with Crippen molar-refractivity contribution >= 4 is 39.1 Å². The van der Waals surface area contributed by atoms with E-state index in [9.17, 15) is 22.4 Å². The summed E-state index contributed by atoms with van der Waals surface area (Å²) in [6.45, 7) is 5.24. The number of benzene rings is 3. The monoisotopic (exact) mass is 559 g/mol. The molecule has 0 saturated heterocycles. The molecule has 3 aromatic rings. The molecular weight excluding hydrogens is 529 g/mol. The number of para-hydroxylation sites is 1. The van der Waals surface area contributed by atoms with E-state index in [1.807, 2.05) is 13.8 Å². The molecule has 2 amide bonds. The molecule has 0 aliphatic rings. The van der Waals surface area contributed by atoms with Gasteiger partial charge in [-0.3, -0.25) is 13.9 Å². The van der Waals surface area contributed by atoms with Crippen LogP contribution < -0.4 is 9.62 Å². The van der Waals surface area contributed by atoms with E-state index in [2.05, 4.69) is 5.32 Å². The standard InChI is InChI=1S/C28H31ClFN3O4S/c1-20(2)17-31-28(35)21(3)32(18-22-13-15-23(30)16-14-22)27(34)19-33(26-12-8-7-11-25(26)29)38(36,37)24-9-5-4-6-10-24/h4-16,20-21H,17-19H2,1-3H3,(H,31,35). The van der Waals surface area contributed by atoms with Crippen molar-refractivity contribution in [2.24, 2.45) is 5.92 Å². The highest BCUT2D eigenvalue weighted by Gasteiger charge is 2.33. The number of halogens is 2. The van der Waals surface area contributed by atoms with Crippen molar-refractivity contribution < 1.29 is 22.4 Å². The quantitative estimate of drug-likeness (QED) is 0.363. The average molecular weight is 560 g/mol. The summed E-state index contributed by atoms with van der Waals surface area (Å²) in [5.74, 6) is -1.25. The van der Waals surface area contributed by atoms with Gasteiger partial charge in [0.1, 0.15) is 18.4 Å². The Morgan fingerprint density at radius 2 is 1.53 bits per heavy atom. The first-order chi connectivity index (χ1) is 18.0. The molecule has 1 atom stereocenters. The molecule has 0 aliphatic carbocycles. The molecule has 0 heterocycles. The molecule has 0 saturated carbocycles. The molecule has 0 radical (unpaired) electrons. The van der Waals surface area contributed by atoms with E-state index in [0.717, 1.165) is 4.31 Å². The number of nitrogens with one attached hydrogen (secondary N) is 1. The van der Waals surface area contributed by atoms with Crippen LogP contribution in [-0.2, 0) is 26.2 Å². The molecule has 0 spiro atoms. The van der Waals surface area contributed by atoms with Gasteiger partial charge in [-0.05, 0) is 54.8 Å². The SMILES string of the molecule is CC(C)CNC(=O)C(C)N(Cc1ccc(F)cc1)C(=O)CN(c1ccccc1Cl)S(=O)(=O)c1ccccc1. The van der Waals surface area contributed by atoms with Crippen LogP contribution in [0, 0.1) is 11.7 Å². The van der Waals surface area contributed by atoms with Gasteiger partial charge < -0.3 is 10.2 Å². The molecule has 10 heteroatoms. The molecular formula is C28H31ClFN3O4S. The molecule has 1 unspecified atom stereocenters. The van der Waals surface area contributed by atoms with Crippen LogP contribution in [0.2, 0.25) is 5.02 Å². The number of carbonyl (C=O) groups is 2. The lowest BCUT2D eigenvalue weighted by atomic mass is 10.1. The summed E-state index contributed by atoms with van der Waals surface area (Å²) >= 11 is 6.37. The lowest BCUT2D eigenvalue weighted by Gasteiger charge is -2.32. The first-order valence-corrected chi connectivity index (χ1v) is 14.0. The molecule has 1 N–H and O–H groups in total. The first-order valence-electron chi connectivity index (χ1n) is 12.1. The predicted molar refractivity (Wildman–Crippen MR) is 147 cm³/mol. The number of sulfonamides is 1. The Balaban J connectivity index is 2.00. The van der Waals surface area contributed by atoms with Gasteiger partial charge in [-0.1, -0.05) is 67.9 Å². The van der Waals surface area contributed by atoms with Crippen molar-refractivity contribution in [1.29, 1.82) is 0 Å². The van der Waals surface area contributed by atoms with Gasteiger partial charge in [-0.25, -0.2) is 12.8 Å². The lowest BCUT2D eigenvalue weighted by molar-refractivity contribution is -0.139. The zero-order valence-electron chi connectivity index (χ0n) is 21.5. The Bertz CT molecular complexity index is 1350. The zero-order chi connectivity index (χ0) is 27.9. The third kappa shape index (κ3) is 7.33. The van der Waals surface area contributed by atoms with Gasteiger partial charge in [0.25, 0.3) is 10.0 Å². The van der Waals surface area contributed by atoms with Crippen LogP contribution in [0.15, 0.2) is 83.8 Å². The number of anilines is 1. The Morgan fingerprint density at radius 1 is 0.921 bits per heavy atom. The summed E-state index contributed by atoms with van der Waals surface area (Å²) in [7, 11) is -4.20. The van der Waals surface area contributed by atoms with Crippen molar-refractivity contribution in [3.05, 3.63) is 95.3 Å². The second-order valence-electron chi connectivity index (χ2n) is 9.24. The van der Waals surface area contributed by atoms with Gasteiger partial charge in [-0.2, -0.15) is 0 Å². The van der Waals surface area contributed by atoms with Gasteiger partial charge in [0.05, 0.1) is 15.6 Å². The van der Waals surface area contributed by atoms with Crippen LogP contribution in [0.4, 0.5) is 10.1 Å². The molecule has 3 rings (SSSR count). The Morgan fingerprint density at radius 3 is 2.13 bits per heavy atom. The molecule has 3 aromatic carbocycles. The van der Waals surface area contributed by atoms with Crippen molar-refractivity contribution in [2.75, 3.05) is 17.4 Å². The smallest absolute Gasteiger partial charge is 0.264 e. The maximum Gasteiger partial charge on any atom is 0.264 e. The van der Waals surface area contributed by atoms with E-state index in [0.29, 0.717) is 12.1 Å². The minimum absolute atomic E-state index is 0.0134. The second-order valence-corrected chi connectivity index (χ2v) is 11.5. The second kappa shape index (κ2) is 12.9. The highest BCUT2D eigenvalue weighted by Crippen LogP contribution is 2.30. The fraction of sp³-hybridized carbons (Fsp3) is 0.286. The maximum atomic E-state index is 13.8. The maximum absolute atomic E-state index is 13.8. The van der Waals surface area contributed by atoms with E-state index < -0.39 is 34.3 Å². The predicted octanol–water partition coefficient (Wildman–Crippen LogP) is 4.86. The fourth-order valence-electron chi connectivity index (χ4n) is 3.71. The van der Waals surface area contributed by atoms with Gasteiger partial charge in [-0.15, -0.1) is 0 Å². The molecule has 0 aromatic heterocycles. The Hall–Kier alpha value is -3.43. The minimum atomic E-state index is -4.20. The summed E-state index contributed by atoms with van der Waals surface area (Å²) in [6.07, 6.45) is 0. The molecule has 38 heavy (non-hydrogen) atoms. The summed E-state index contributed by atoms with van der Waals surface area (Å²) < 4.78 is 41.8. The first kappa shape index (κ1) is 29.1. The molecule has 0 aliphatic heterocycles. The number of hydrogen-bond donors (Lipinski definition) is 1. The third-order valence-electron chi connectivity index (χ3n) is 5.85. The molecule has 0 bridgehead atoms. The van der Waals surface area contributed by atoms with Crippen molar-refractivity contribution in [1.82, 2.24) is 10.2 Å². The lowest BCUT2D eigenvalue weighted by Crippen LogP contribution is -2.51. The van der Waals surface area contributed by atoms with E-state index in [1.54, 1.807) is 37.3 Å². The van der Waals surface area contributed by atoms with E-state index in [4.69, 9.17) is 11.6 Å². The summed E-state index contributed by atoms with van der Waals surface area (Å²) in [6, 6.07) is 18.7. The highest BCUT2D eigenvalue weighted by molar-refractivity contribution is 7.92. The molecule has 7 nitrogen and oxygen atoms in total. The Kier molecular flexibility index (Phi) is 9.88. The number of rotatable bonds is 11. The van der Waals surface area contributed by atoms with E-state index in [-0.39, 0.29) is 34.0 Å². The van der Waals surface area contributed by atoms with Gasteiger partial charge in [0.15, 0.2) is 0 Å². The van der Waals surface area contributed by atoms with Crippen molar-refractivity contribution in [2.45, 2.75) is 38.3 Å². The molecule has 0 fully saturated rings. The van der Waals surface area contributed by atoms with Crippen LogP contribution in [0.5, 0.6) is 0 Å². The minimum Gasteiger partial charge on any atom is -0.354 e. The number of carbonyl (C=O) groups excluding carboxylic acids is 2. The number of hydrogen-bond acceptors (Lipinski definition) is 4. The summed E-state index contributed by atoms with van der Waals surface area (Å²) in [5.41, 5.74) is 0.712.